The summed E-state index contributed by atoms with van der Waals surface area (Å²) < 4.78 is 13.8. The molecular weight excluding hydrogens is 277 g/mol. The number of hydrogen-bond acceptors (Lipinski definition) is 3. The van der Waals surface area contributed by atoms with Crippen LogP contribution in [0, 0.1) is 5.82 Å². The van der Waals surface area contributed by atoms with E-state index in [1.807, 2.05) is 24.3 Å². The minimum absolute atomic E-state index is 0.159. The largest absolute Gasteiger partial charge is 0.368 e. The maximum absolute atomic E-state index is 13.8. The van der Waals surface area contributed by atoms with Crippen molar-refractivity contribution in [3.63, 3.8) is 0 Å². The zero-order chi connectivity index (χ0) is 13.9. The number of halogens is 2. The van der Waals surface area contributed by atoms with Gasteiger partial charge in [0.15, 0.2) is 0 Å². The average Bonchev–Trinajstić information content (AvgIpc) is 2.48. The third-order valence-electron chi connectivity index (χ3n) is 3.55. The molecule has 0 saturated carbocycles. The van der Waals surface area contributed by atoms with E-state index in [9.17, 15) is 4.39 Å². The maximum Gasteiger partial charge on any atom is 0.146 e. The van der Waals surface area contributed by atoms with Crippen molar-refractivity contribution in [1.29, 1.82) is 0 Å². The molecule has 1 saturated heterocycles. The molecule has 0 unspecified atom stereocenters. The lowest BCUT2D eigenvalue weighted by Gasteiger charge is -2.37. The Morgan fingerprint density at radius 2 is 1.70 bits per heavy atom. The molecule has 1 aliphatic rings. The first-order valence-electron chi connectivity index (χ1n) is 6.60. The number of anilines is 2. The molecule has 0 bridgehead atoms. The summed E-state index contributed by atoms with van der Waals surface area (Å²) in [4.78, 5) is 8.31. The zero-order valence-electron chi connectivity index (χ0n) is 11.0. The molecule has 3 nitrogen and oxygen atoms in total. The van der Waals surface area contributed by atoms with Crippen LogP contribution in [0.25, 0.3) is 0 Å². The van der Waals surface area contributed by atoms with Gasteiger partial charge in [0.2, 0.25) is 0 Å². The van der Waals surface area contributed by atoms with Gasteiger partial charge < -0.3 is 9.80 Å². The molecule has 104 valence electrons. The molecule has 3 rings (SSSR count). The lowest BCUT2D eigenvalue weighted by Crippen LogP contribution is -2.46. The number of pyridine rings is 1. The minimum Gasteiger partial charge on any atom is -0.368 e. The second-order valence-electron chi connectivity index (χ2n) is 4.76. The van der Waals surface area contributed by atoms with E-state index in [1.165, 1.54) is 6.07 Å². The molecule has 1 aromatic heterocycles. The quantitative estimate of drug-likeness (QED) is 0.792. The minimum atomic E-state index is -0.159. The van der Waals surface area contributed by atoms with E-state index in [2.05, 4.69) is 14.8 Å². The monoisotopic (exact) mass is 291 g/mol. The highest BCUT2D eigenvalue weighted by atomic mass is 35.5. The van der Waals surface area contributed by atoms with E-state index in [0.717, 1.165) is 31.9 Å². The van der Waals surface area contributed by atoms with Crippen LogP contribution in [0.5, 0.6) is 0 Å². The van der Waals surface area contributed by atoms with E-state index in [-0.39, 0.29) is 5.82 Å². The van der Waals surface area contributed by atoms with Gasteiger partial charge in [-0.3, -0.25) is 0 Å². The van der Waals surface area contributed by atoms with Crippen LogP contribution >= 0.6 is 11.6 Å². The van der Waals surface area contributed by atoms with Gasteiger partial charge in [-0.25, -0.2) is 9.37 Å². The fourth-order valence-electron chi connectivity index (χ4n) is 2.50. The highest BCUT2D eigenvalue weighted by Crippen LogP contribution is 2.23. The number of rotatable bonds is 2. The first-order chi connectivity index (χ1) is 9.74. The topological polar surface area (TPSA) is 19.4 Å². The Bertz CT molecular complexity index is 597. The molecule has 20 heavy (non-hydrogen) atoms. The number of nitrogens with zero attached hydrogens (tertiary/aromatic N) is 3. The van der Waals surface area contributed by atoms with E-state index >= 15 is 0 Å². The Kier molecular flexibility index (Phi) is 3.74. The Morgan fingerprint density at radius 3 is 2.40 bits per heavy atom. The fraction of sp³-hybridized carbons (Fsp3) is 0.267. The number of hydrogen-bond donors (Lipinski definition) is 0. The number of para-hydroxylation sites is 1. The van der Waals surface area contributed by atoms with Crippen LogP contribution in [0.2, 0.25) is 5.15 Å². The van der Waals surface area contributed by atoms with Crippen molar-refractivity contribution < 1.29 is 4.39 Å². The molecule has 1 aromatic carbocycles. The van der Waals surface area contributed by atoms with Gasteiger partial charge in [-0.1, -0.05) is 23.7 Å². The fourth-order valence-corrected chi connectivity index (χ4v) is 2.67. The molecule has 5 heteroatoms. The number of benzene rings is 1. The second-order valence-corrected chi connectivity index (χ2v) is 5.15. The van der Waals surface area contributed by atoms with E-state index in [0.29, 0.717) is 10.8 Å². The summed E-state index contributed by atoms with van der Waals surface area (Å²) in [5.74, 6) is -0.159. The molecule has 0 aliphatic carbocycles. The molecule has 1 aliphatic heterocycles. The zero-order valence-corrected chi connectivity index (χ0v) is 11.7. The first kappa shape index (κ1) is 13.2. The summed E-state index contributed by atoms with van der Waals surface area (Å²) in [7, 11) is 0. The first-order valence-corrected chi connectivity index (χ1v) is 6.98. The van der Waals surface area contributed by atoms with Crippen LogP contribution in [0.3, 0.4) is 0 Å². The van der Waals surface area contributed by atoms with Gasteiger partial charge in [-0.2, -0.15) is 0 Å². The van der Waals surface area contributed by atoms with Gasteiger partial charge >= 0.3 is 0 Å². The molecular formula is C15H15ClFN3. The summed E-state index contributed by atoms with van der Waals surface area (Å²) >= 11 is 5.91. The van der Waals surface area contributed by atoms with Gasteiger partial charge in [-0.05, 0) is 24.3 Å². The highest BCUT2D eigenvalue weighted by Gasteiger charge is 2.19. The van der Waals surface area contributed by atoms with Crippen LogP contribution in [0.15, 0.2) is 42.6 Å². The number of piperazine rings is 1. The van der Waals surface area contributed by atoms with Crippen LogP contribution in [-0.2, 0) is 0 Å². The highest BCUT2D eigenvalue weighted by molar-refractivity contribution is 6.29. The van der Waals surface area contributed by atoms with E-state index in [1.54, 1.807) is 12.3 Å². The van der Waals surface area contributed by atoms with Crippen molar-refractivity contribution in [3.05, 3.63) is 53.6 Å². The van der Waals surface area contributed by atoms with Crippen molar-refractivity contribution >= 4 is 23.0 Å². The van der Waals surface area contributed by atoms with Gasteiger partial charge in [0.05, 0.1) is 5.69 Å². The predicted molar refractivity (Wildman–Crippen MR) is 80.1 cm³/mol. The van der Waals surface area contributed by atoms with Crippen molar-refractivity contribution in [3.8, 4) is 0 Å². The molecule has 0 radical (unpaired) electrons. The molecule has 1 fully saturated rings. The van der Waals surface area contributed by atoms with Gasteiger partial charge in [-0.15, -0.1) is 0 Å². The molecule has 0 N–H and O–H groups in total. The second kappa shape index (κ2) is 5.67. The van der Waals surface area contributed by atoms with Crippen LogP contribution in [0.4, 0.5) is 15.8 Å². The van der Waals surface area contributed by atoms with Gasteiger partial charge in [0, 0.05) is 38.1 Å². The standard InChI is InChI=1S/C15H15ClFN3/c16-15-11-12(5-6-18-15)19-7-9-20(10-8-19)14-4-2-1-3-13(14)17/h1-6,11H,7-10H2. The Hall–Kier alpha value is -1.81. The normalized spacial score (nSPS) is 15.5. The van der Waals surface area contributed by atoms with Crippen molar-refractivity contribution in [2.45, 2.75) is 0 Å². The molecule has 0 atom stereocenters. The lowest BCUT2D eigenvalue weighted by molar-refractivity contribution is 0.598. The summed E-state index contributed by atoms with van der Waals surface area (Å²) in [6, 6.07) is 10.7. The van der Waals surface area contributed by atoms with E-state index < -0.39 is 0 Å². The van der Waals surface area contributed by atoms with Gasteiger partial charge in [0.1, 0.15) is 11.0 Å². The van der Waals surface area contributed by atoms with Gasteiger partial charge in [0.25, 0.3) is 0 Å². The van der Waals surface area contributed by atoms with Crippen molar-refractivity contribution in [2.75, 3.05) is 36.0 Å². The predicted octanol–water partition coefficient (Wildman–Crippen LogP) is 3.20. The average molecular weight is 292 g/mol. The molecule has 0 spiro atoms. The smallest absolute Gasteiger partial charge is 0.146 e. The Morgan fingerprint density at radius 1 is 1.00 bits per heavy atom. The summed E-state index contributed by atoms with van der Waals surface area (Å²) in [5.41, 5.74) is 1.75. The lowest BCUT2D eigenvalue weighted by atomic mass is 10.2. The maximum atomic E-state index is 13.8. The van der Waals surface area contributed by atoms with Crippen LogP contribution < -0.4 is 9.80 Å². The van der Waals surface area contributed by atoms with E-state index in [4.69, 9.17) is 11.6 Å². The van der Waals surface area contributed by atoms with Crippen LogP contribution in [-0.4, -0.2) is 31.2 Å². The summed E-state index contributed by atoms with van der Waals surface area (Å²) in [6.07, 6.45) is 1.71. The third kappa shape index (κ3) is 2.70. The number of aromatic nitrogens is 1. The summed E-state index contributed by atoms with van der Waals surface area (Å²) in [5, 5.41) is 0.499. The van der Waals surface area contributed by atoms with Crippen LogP contribution in [0.1, 0.15) is 0 Å². The third-order valence-corrected chi connectivity index (χ3v) is 3.75. The molecule has 0 amide bonds. The molecule has 2 aromatic rings. The SMILES string of the molecule is Fc1ccccc1N1CCN(c2ccnc(Cl)c2)CC1. The summed E-state index contributed by atoms with van der Waals surface area (Å²) in [6.45, 7) is 3.27. The van der Waals surface area contributed by atoms with Crippen molar-refractivity contribution in [1.82, 2.24) is 4.98 Å². The molecule has 2 heterocycles. The Balaban J connectivity index is 1.70. The van der Waals surface area contributed by atoms with Crippen molar-refractivity contribution in [2.24, 2.45) is 0 Å². The Labute approximate surface area is 122 Å².